The van der Waals surface area contributed by atoms with E-state index in [0.29, 0.717) is 13.0 Å². The van der Waals surface area contributed by atoms with Crippen molar-refractivity contribution in [1.82, 2.24) is 5.32 Å². The molecular formula is C12H17FN2O3S. The molecule has 0 fully saturated rings. The summed E-state index contributed by atoms with van der Waals surface area (Å²) in [4.78, 5) is 11.4. The van der Waals surface area contributed by atoms with Crippen molar-refractivity contribution in [1.29, 1.82) is 0 Å². The third-order valence-corrected chi connectivity index (χ3v) is 4.64. The van der Waals surface area contributed by atoms with E-state index in [4.69, 9.17) is 5.73 Å². The molecule has 1 amide bonds. The van der Waals surface area contributed by atoms with E-state index < -0.39 is 26.8 Å². The summed E-state index contributed by atoms with van der Waals surface area (Å²) in [7, 11) is -3.95. The summed E-state index contributed by atoms with van der Waals surface area (Å²) in [6.45, 7) is 3.51. The van der Waals surface area contributed by atoms with E-state index in [1.54, 1.807) is 0 Å². The second kappa shape index (κ2) is 6.01. The largest absolute Gasteiger partial charge is 0.399 e. The summed E-state index contributed by atoms with van der Waals surface area (Å²) in [5, 5.41) is 1.20. The van der Waals surface area contributed by atoms with E-state index in [9.17, 15) is 17.6 Å². The van der Waals surface area contributed by atoms with E-state index in [2.05, 4.69) is 5.32 Å². The lowest BCUT2D eigenvalue weighted by Gasteiger charge is -2.13. The Bertz CT molecular complexity index is 552. The lowest BCUT2D eigenvalue weighted by atomic mass is 10.3. The second-order valence-corrected chi connectivity index (χ2v) is 6.47. The van der Waals surface area contributed by atoms with Crippen molar-refractivity contribution in [2.24, 2.45) is 0 Å². The number of hydrogen-bond acceptors (Lipinski definition) is 4. The fourth-order valence-corrected chi connectivity index (χ4v) is 2.84. The zero-order chi connectivity index (χ0) is 14.6. The summed E-state index contributed by atoms with van der Waals surface area (Å²) >= 11 is 0. The number of carbonyl (C=O) groups is 1. The number of amides is 1. The molecule has 0 aliphatic heterocycles. The SMILES string of the molecule is CCCNC(=O)C(C)S(=O)(=O)c1cc(N)cc(F)c1. The molecule has 0 aliphatic carbocycles. The van der Waals surface area contributed by atoms with Crippen LogP contribution in [0.5, 0.6) is 0 Å². The number of hydrogen-bond donors (Lipinski definition) is 2. The van der Waals surface area contributed by atoms with Crippen LogP contribution in [0.25, 0.3) is 0 Å². The number of nitrogen functional groups attached to an aromatic ring is 1. The molecule has 0 aromatic heterocycles. The molecule has 0 spiro atoms. The van der Waals surface area contributed by atoms with Gasteiger partial charge in [-0.3, -0.25) is 4.79 Å². The van der Waals surface area contributed by atoms with Crippen molar-refractivity contribution >= 4 is 21.4 Å². The Morgan fingerprint density at radius 2 is 2.05 bits per heavy atom. The van der Waals surface area contributed by atoms with Crippen LogP contribution in [0.15, 0.2) is 23.1 Å². The van der Waals surface area contributed by atoms with Gasteiger partial charge in [-0.05, 0) is 31.5 Å². The number of carbonyl (C=O) groups excluding carboxylic acids is 1. The first-order valence-electron chi connectivity index (χ1n) is 5.86. The Kier molecular flexibility index (Phi) is 4.88. The monoisotopic (exact) mass is 288 g/mol. The van der Waals surface area contributed by atoms with Gasteiger partial charge in [0.25, 0.3) is 0 Å². The van der Waals surface area contributed by atoms with E-state index in [1.807, 2.05) is 6.92 Å². The van der Waals surface area contributed by atoms with Gasteiger partial charge in [0.15, 0.2) is 9.84 Å². The normalized spacial score (nSPS) is 13.0. The molecule has 1 atom stereocenters. The van der Waals surface area contributed by atoms with Crippen LogP contribution < -0.4 is 11.1 Å². The maximum atomic E-state index is 13.2. The van der Waals surface area contributed by atoms with Gasteiger partial charge in [0.05, 0.1) is 4.90 Å². The molecule has 0 saturated heterocycles. The fraction of sp³-hybridized carbons (Fsp3) is 0.417. The van der Waals surface area contributed by atoms with Crippen molar-refractivity contribution in [2.45, 2.75) is 30.4 Å². The van der Waals surface area contributed by atoms with E-state index in [0.717, 1.165) is 18.2 Å². The maximum Gasteiger partial charge on any atom is 0.238 e. The molecule has 106 valence electrons. The van der Waals surface area contributed by atoms with Gasteiger partial charge in [-0.15, -0.1) is 0 Å². The number of rotatable bonds is 5. The zero-order valence-electron chi connectivity index (χ0n) is 10.8. The molecular weight excluding hydrogens is 271 g/mol. The minimum atomic E-state index is -3.95. The summed E-state index contributed by atoms with van der Waals surface area (Å²) in [5.41, 5.74) is 5.41. The highest BCUT2D eigenvalue weighted by molar-refractivity contribution is 7.92. The highest BCUT2D eigenvalue weighted by Gasteiger charge is 2.30. The van der Waals surface area contributed by atoms with Crippen LogP contribution in [0, 0.1) is 5.82 Å². The molecule has 0 aliphatic rings. The van der Waals surface area contributed by atoms with Gasteiger partial charge in [0.1, 0.15) is 11.1 Å². The molecule has 0 radical (unpaired) electrons. The Balaban J connectivity index is 3.06. The van der Waals surface area contributed by atoms with Crippen LogP contribution in [-0.2, 0) is 14.6 Å². The second-order valence-electron chi connectivity index (χ2n) is 4.20. The number of nitrogens with one attached hydrogen (secondary N) is 1. The predicted molar refractivity (Wildman–Crippen MR) is 70.8 cm³/mol. The number of halogens is 1. The Morgan fingerprint density at radius 1 is 1.42 bits per heavy atom. The third-order valence-electron chi connectivity index (χ3n) is 2.61. The van der Waals surface area contributed by atoms with Crippen molar-refractivity contribution in [3.05, 3.63) is 24.0 Å². The van der Waals surface area contributed by atoms with Crippen molar-refractivity contribution in [2.75, 3.05) is 12.3 Å². The van der Waals surface area contributed by atoms with E-state index in [-0.39, 0.29) is 10.6 Å². The fourth-order valence-electron chi connectivity index (χ4n) is 1.49. The molecule has 1 aromatic carbocycles. The minimum Gasteiger partial charge on any atom is -0.399 e. The molecule has 1 unspecified atom stereocenters. The molecule has 1 aromatic rings. The number of nitrogens with two attached hydrogens (primary N) is 1. The molecule has 1 rings (SSSR count). The molecule has 0 bridgehead atoms. The van der Waals surface area contributed by atoms with Crippen molar-refractivity contribution in [3.8, 4) is 0 Å². The zero-order valence-corrected chi connectivity index (χ0v) is 11.6. The summed E-state index contributed by atoms with van der Waals surface area (Å²) in [5.74, 6) is -1.36. The van der Waals surface area contributed by atoms with Crippen LogP contribution >= 0.6 is 0 Å². The lowest BCUT2D eigenvalue weighted by Crippen LogP contribution is -2.38. The van der Waals surface area contributed by atoms with Crippen LogP contribution in [0.4, 0.5) is 10.1 Å². The maximum absolute atomic E-state index is 13.2. The minimum absolute atomic E-state index is 0.000239. The Labute approximate surface area is 111 Å². The average Bonchev–Trinajstić information content (AvgIpc) is 2.33. The van der Waals surface area contributed by atoms with Gasteiger partial charge in [-0.2, -0.15) is 0 Å². The lowest BCUT2D eigenvalue weighted by molar-refractivity contribution is -0.120. The molecule has 0 saturated carbocycles. The first-order valence-corrected chi connectivity index (χ1v) is 7.41. The van der Waals surface area contributed by atoms with Crippen LogP contribution in [-0.4, -0.2) is 26.1 Å². The topological polar surface area (TPSA) is 89.3 Å². The predicted octanol–water partition coefficient (Wildman–Crippen LogP) is 1.10. The first-order chi connectivity index (χ1) is 8.78. The standard InChI is InChI=1S/C12H17FN2O3S/c1-3-4-15-12(16)8(2)19(17,18)11-6-9(13)5-10(14)7-11/h5-8H,3-4,14H2,1-2H3,(H,15,16). The van der Waals surface area contributed by atoms with Crippen molar-refractivity contribution in [3.63, 3.8) is 0 Å². The van der Waals surface area contributed by atoms with Gasteiger partial charge in [-0.25, -0.2) is 12.8 Å². The van der Waals surface area contributed by atoms with Gasteiger partial charge in [0.2, 0.25) is 5.91 Å². The average molecular weight is 288 g/mol. The first kappa shape index (κ1) is 15.4. The third kappa shape index (κ3) is 3.66. The van der Waals surface area contributed by atoms with Crippen molar-refractivity contribution < 1.29 is 17.6 Å². The molecule has 5 nitrogen and oxygen atoms in total. The number of anilines is 1. The Morgan fingerprint density at radius 3 is 2.58 bits per heavy atom. The summed E-state index contributed by atoms with van der Waals surface area (Å²) in [6.07, 6.45) is 0.700. The highest BCUT2D eigenvalue weighted by Crippen LogP contribution is 2.20. The smallest absolute Gasteiger partial charge is 0.238 e. The van der Waals surface area contributed by atoms with Gasteiger partial charge in [-0.1, -0.05) is 6.92 Å². The molecule has 3 N–H and O–H groups in total. The molecule has 19 heavy (non-hydrogen) atoms. The molecule has 7 heteroatoms. The summed E-state index contributed by atoms with van der Waals surface area (Å²) < 4.78 is 37.5. The van der Waals surface area contributed by atoms with Crippen LogP contribution in [0.2, 0.25) is 0 Å². The van der Waals surface area contributed by atoms with E-state index >= 15 is 0 Å². The van der Waals surface area contributed by atoms with Crippen LogP contribution in [0.1, 0.15) is 20.3 Å². The Hall–Kier alpha value is -1.63. The van der Waals surface area contributed by atoms with Gasteiger partial charge >= 0.3 is 0 Å². The molecule has 0 heterocycles. The number of sulfone groups is 1. The van der Waals surface area contributed by atoms with Gasteiger partial charge < -0.3 is 11.1 Å². The van der Waals surface area contributed by atoms with E-state index in [1.165, 1.54) is 6.92 Å². The number of benzene rings is 1. The quantitative estimate of drug-likeness (QED) is 0.794. The van der Waals surface area contributed by atoms with Crippen LogP contribution in [0.3, 0.4) is 0 Å². The summed E-state index contributed by atoms with van der Waals surface area (Å²) in [6, 6.07) is 3.01. The van der Waals surface area contributed by atoms with Gasteiger partial charge in [0, 0.05) is 12.2 Å². The highest BCUT2D eigenvalue weighted by atomic mass is 32.2.